The summed E-state index contributed by atoms with van der Waals surface area (Å²) in [4.78, 5) is 67.2. The molecule has 6 N–H and O–H groups in total. The number of carbonyl (C=O) groups excluding carboxylic acids is 4. The van der Waals surface area contributed by atoms with Gasteiger partial charge >= 0.3 is 11.9 Å². The van der Waals surface area contributed by atoms with Crippen molar-refractivity contribution < 1.29 is 39.0 Å². The number of hydrogen-bond acceptors (Lipinski definition) is 6. The van der Waals surface area contributed by atoms with Gasteiger partial charge in [-0.05, 0) is 12.8 Å². The summed E-state index contributed by atoms with van der Waals surface area (Å²) < 4.78 is 0. The number of carbonyl (C=O) groups is 6. The van der Waals surface area contributed by atoms with Gasteiger partial charge in [-0.2, -0.15) is 0 Å². The van der Waals surface area contributed by atoms with Crippen molar-refractivity contribution in [3.8, 4) is 0 Å². The molecule has 0 bridgehead atoms. The summed E-state index contributed by atoms with van der Waals surface area (Å²) in [5, 5.41) is 26.9. The van der Waals surface area contributed by atoms with Crippen LogP contribution in [0.5, 0.6) is 0 Å². The van der Waals surface area contributed by atoms with Crippen molar-refractivity contribution >= 4 is 36.1 Å². The van der Waals surface area contributed by atoms with Crippen LogP contribution >= 0.6 is 0 Å². The van der Waals surface area contributed by atoms with Crippen LogP contribution in [0.1, 0.15) is 83.5 Å². The molecule has 0 saturated heterocycles. The molecular weight excluding hydrogens is 460 g/mol. The van der Waals surface area contributed by atoms with E-state index in [1.807, 2.05) is 0 Å². The second-order valence-corrected chi connectivity index (χ2v) is 8.32. The van der Waals surface area contributed by atoms with Gasteiger partial charge in [-0.3, -0.25) is 28.8 Å². The molecule has 0 unspecified atom stereocenters. The van der Waals surface area contributed by atoms with E-state index < -0.39 is 48.7 Å². The molecule has 0 aliphatic carbocycles. The molecule has 0 aliphatic rings. The predicted molar refractivity (Wildman–Crippen MR) is 127 cm³/mol. The molecule has 0 aromatic rings. The number of aliphatic carboxylic acids is 2. The third kappa shape index (κ3) is 21.1. The zero-order valence-electron chi connectivity index (χ0n) is 20.3. The molecule has 0 aromatic heterocycles. The number of carboxylic acid groups (broad SMARTS) is 2. The van der Waals surface area contributed by atoms with Crippen LogP contribution in [-0.4, -0.2) is 72.0 Å². The summed E-state index contributed by atoms with van der Waals surface area (Å²) in [6.45, 7) is -0.380. The lowest BCUT2D eigenvalue weighted by molar-refractivity contribution is -0.140. The number of amides is 4. The molecular formula is C23H40N4O8. The van der Waals surface area contributed by atoms with Gasteiger partial charge in [-0.25, -0.2) is 0 Å². The molecule has 12 nitrogen and oxygen atoms in total. The van der Waals surface area contributed by atoms with E-state index in [1.165, 1.54) is 0 Å². The quantitative estimate of drug-likeness (QED) is 0.0871. The van der Waals surface area contributed by atoms with E-state index in [9.17, 15) is 28.8 Å². The maximum Gasteiger partial charge on any atom is 0.305 e. The molecule has 1 atom stereocenters. The Labute approximate surface area is 206 Å². The molecule has 0 aromatic carbocycles. The fourth-order valence-corrected chi connectivity index (χ4v) is 3.33. The second kappa shape index (κ2) is 21.4. The van der Waals surface area contributed by atoms with Crippen LogP contribution in [0.25, 0.3) is 0 Å². The van der Waals surface area contributed by atoms with E-state index in [2.05, 4.69) is 21.3 Å². The minimum atomic E-state index is -1.26. The number of hydrogen-bond donors (Lipinski definition) is 6. The SMILES string of the molecule is O=CNCC(=O)NCC(=O)N[C@@H](CC(=O)O)C(=O)NCCCCCCCCCCCCCC(=O)O. The number of rotatable bonds is 23. The van der Waals surface area contributed by atoms with E-state index in [0.29, 0.717) is 13.0 Å². The first-order valence-corrected chi connectivity index (χ1v) is 12.2. The Morgan fingerprint density at radius 3 is 1.71 bits per heavy atom. The lowest BCUT2D eigenvalue weighted by Gasteiger charge is -2.17. The first kappa shape index (κ1) is 31.8. The Morgan fingerprint density at radius 2 is 1.20 bits per heavy atom. The molecule has 0 fully saturated rings. The van der Waals surface area contributed by atoms with Gasteiger partial charge in [0.1, 0.15) is 6.04 Å². The molecule has 4 amide bonds. The Kier molecular flexibility index (Phi) is 19.4. The zero-order chi connectivity index (χ0) is 26.3. The van der Waals surface area contributed by atoms with Crippen molar-refractivity contribution in [2.75, 3.05) is 19.6 Å². The largest absolute Gasteiger partial charge is 0.481 e. The van der Waals surface area contributed by atoms with E-state index in [-0.39, 0.29) is 13.0 Å². The highest BCUT2D eigenvalue weighted by molar-refractivity contribution is 5.92. The summed E-state index contributed by atoms with van der Waals surface area (Å²) in [6.07, 6.45) is 11.1. The van der Waals surface area contributed by atoms with Gasteiger partial charge in [0, 0.05) is 13.0 Å². The van der Waals surface area contributed by atoms with Gasteiger partial charge in [-0.15, -0.1) is 0 Å². The van der Waals surface area contributed by atoms with Gasteiger partial charge < -0.3 is 31.5 Å². The van der Waals surface area contributed by atoms with Crippen molar-refractivity contribution in [3.05, 3.63) is 0 Å². The lowest BCUT2D eigenvalue weighted by atomic mass is 10.1. The fourth-order valence-electron chi connectivity index (χ4n) is 3.33. The van der Waals surface area contributed by atoms with Gasteiger partial charge in [0.25, 0.3) is 0 Å². The molecule has 35 heavy (non-hydrogen) atoms. The average molecular weight is 501 g/mol. The molecule has 0 saturated carbocycles. The first-order chi connectivity index (χ1) is 16.8. The van der Waals surface area contributed by atoms with Gasteiger partial charge in [-0.1, -0.05) is 57.8 Å². The van der Waals surface area contributed by atoms with Crippen LogP contribution in [0.15, 0.2) is 0 Å². The Morgan fingerprint density at radius 1 is 0.657 bits per heavy atom. The molecule has 12 heteroatoms. The van der Waals surface area contributed by atoms with Gasteiger partial charge in [0.05, 0.1) is 19.5 Å². The van der Waals surface area contributed by atoms with Gasteiger partial charge in [0.2, 0.25) is 24.1 Å². The predicted octanol–water partition coefficient (Wildman–Crippen LogP) is 0.690. The van der Waals surface area contributed by atoms with Crippen LogP contribution in [-0.2, 0) is 28.8 Å². The average Bonchev–Trinajstić information content (AvgIpc) is 2.80. The van der Waals surface area contributed by atoms with Gasteiger partial charge in [0.15, 0.2) is 0 Å². The smallest absolute Gasteiger partial charge is 0.305 e. The Hall–Kier alpha value is -3.18. The Balaban J connectivity index is 3.90. The molecule has 0 heterocycles. The summed E-state index contributed by atoms with van der Waals surface area (Å²) in [6, 6.07) is -1.26. The van der Waals surface area contributed by atoms with Crippen LogP contribution in [0.3, 0.4) is 0 Å². The third-order valence-electron chi connectivity index (χ3n) is 5.19. The molecule has 0 spiro atoms. The third-order valence-corrected chi connectivity index (χ3v) is 5.19. The maximum atomic E-state index is 12.3. The summed E-state index contributed by atoms with van der Waals surface area (Å²) >= 11 is 0. The number of nitrogens with one attached hydrogen (secondary N) is 4. The number of carboxylic acids is 2. The summed E-state index contributed by atoms with van der Waals surface area (Å²) in [5.41, 5.74) is 0. The lowest BCUT2D eigenvalue weighted by Crippen LogP contribution is -2.51. The van der Waals surface area contributed by atoms with E-state index in [1.54, 1.807) is 0 Å². The van der Waals surface area contributed by atoms with Crippen molar-refractivity contribution in [3.63, 3.8) is 0 Å². The van der Waals surface area contributed by atoms with Crippen molar-refractivity contribution in [2.45, 2.75) is 89.5 Å². The second-order valence-electron chi connectivity index (χ2n) is 8.32. The standard InChI is InChI=1S/C23H40N4O8/c28-17-24-15-19(29)26-16-20(30)27-18(14-22(33)34)23(35)25-13-11-9-7-5-3-1-2-4-6-8-10-12-21(31)32/h17-18H,1-16H2,(H,24,28)(H,25,35)(H,26,29)(H,27,30)(H,31,32)(H,33,34)/t18-/m0/s1. The minimum Gasteiger partial charge on any atom is -0.481 e. The maximum absolute atomic E-state index is 12.3. The topological polar surface area (TPSA) is 191 Å². The molecule has 200 valence electrons. The van der Waals surface area contributed by atoms with Crippen molar-refractivity contribution in [1.82, 2.24) is 21.3 Å². The number of unbranched alkanes of at least 4 members (excludes halogenated alkanes) is 10. The van der Waals surface area contributed by atoms with Crippen LogP contribution in [0, 0.1) is 0 Å². The van der Waals surface area contributed by atoms with E-state index in [0.717, 1.165) is 70.6 Å². The van der Waals surface area contributed by atoms with E-state index >= 15 is 0 Å². The highest BCUT2D eigenvalue weighted by atomic mass is 16.4. The van der Waals surface area contributed by atoms with Crippen LogP contribution in [0.2, 0.25) is 0 Å². The monoisotopic (exact) mass is 500 g/mol. The highest BCUT2D eigenvalue weighted by Gasteiger charge is 2.23. The molecule has 0 rings (SSSR count). The summed E-state index contributed by atoms with van der Waals surface area (Å²) in [5.74, 6) is -3.89. The van der Waals surface area contributed by atoms with Crippen molar-refractivity contribution in [2.24, 2.45) is 0 Å². The Bertz CT molecular complexity index is 672. The normalized spacial score (nSPS) is 11.2. The van der Waals surface area contributed by atoms with Crippen LogP contribution < -0.4 is 21.3 Å². The first-order valence-electron chi connectivity index (χ1n) is 12.2. The van der Waals surface area contributed by atoms with Crippen LogP contribution in [0.4, 0.5) is 0 Å². The molecule has 0 aliphatic heterocycles. The van der Waals surface area contributed by atoms with Crippen molar-refractivity contribution in [1.29, 1.82) is 0 Å². The highest BCUT2D eigenvalue weighted by Crippen LogP contribution is 2.11. The minimum absolute atomic E-state index is 0.247. The fraction of sp³-hybridized carbons (Fsp3) is 0.739. The van der Waals surface area contributed by atoms with E-state index in [4.69, 9.17) is 10.2 Å². The summed E-state index contributed by atoms with van der Waals surface area (Å²) in [7, 11) is 0. The zero-order valence-corrected chi connectivity index (χ0v) is 20.3. The molecule has 0 radical (unpaired) electrons.